The number of phenolic OH excluding ortho intramolecular Hbond substituents is 1. The Morgan fingerprint density at radius 3 is 2.64 bits per heavy atom. The van der Waals surface area contributed by atoms with Gasteiger partial charge in [-0.05, 0) is 84.5 Å². The van der Waals surface area contributed by atoms with Crippen molar-refractivity contribution in [1.82, 2.24) is 0 Å². The molecule has 0 aliphatic heterocycles. The summed E-state index contributed by atoms with van der Waals surface area (Å²) >= 11 is 25.0. The first kappa shape index (κ1) is 18.3. The first-order valence-corrected chi connectivity index (χ1v) is 10.7. The molecular weight excluding hydrogens is 398 g/mol. The van der Waals surface area contributed by atoms with Gasteiger partial charge in [0.25, 0.3) is 0 Å². The maximum absolute atomic E-state index is 9.84. The number of hydrogen-bond acceptors (Lipinski definition) is 1. The van der Waals surface area contributed by atoms with E-state index in [0.717, 1.165) is 25.2 Å². The highest BCUT2D eigenvalue weighted by atomic mass is 35.5. The van der Waals surface area contributed by atoms with Crippen molar-refractivity contribution in [2.75, 3.05) is 11.8 Å². The van der Waals surface area contributed by atoms with Crippen molar-refractivity contribution in [1.29, 1.82) is 0 Å². The van der Waals surface area contributed by atoms with Crippen molar-refractivity contribution in [2.45, 2.75) is 44.4 Å². The van der Waals surface area contributed by atoms with E-state index in [1.807, 2.05) is 12.1 Å². The average Bonchev–Trinajstić information content (AvgIpc) is 3.32. The minimum absolute atomic E-state index is 0.0212. The van der Waals surface area contributed by atoms with Crippen LogP contribution in [0.15, 0.2) is 28.3 Å². The van der Waals surface area contributed by atoms with Crippen LogP contribution in [0, 0.1) is 16.7 Å². The molecular formula is C20H22Cl4O. The van der Waals surface area contributed by atoms with E-state index in [4.69, 9.17) is 46.4 Å². The van der Waals surface area contributed by atoms with Crippen LogP contribution in [0.2, 0.25) is 0 Å². The molecule has 0 saturated heterocycles. The van der Waals surface area contributed by atoms with Gasteiger partial charge < -0.3 is 5.11 Å². The molecule has 1 aromatic carbocycles. The highest BCUT2D eigenvalue weighted by Gasteiger charge is 2.65. The third-order valence-electron chi connectivity index (χ3n) is 6.88. The number of halogens is 4. The monoisotopic (exact) mass is 418 g/mol. The average molecular weight is 420 g/mol. The van der Waals surface area contributed by atoms with Crippen LogP contribution >= 0.6 is 46.4 Å². The standard InChI is InChI=1S/C20H22Cl4O/c21-10-18(24)17(23)9-19(11-22)6-13-7-20(13)4-3-12-5-14(25)1-2-15(12)16(20)8-19/h1-2,5,13,16,25H,3-4,6-11H2/b18-17-/t13?,16-,19-,20-/m1/s1. The fourth-order valence-corrected chi connectivity index (χ4v) is 6.52. The summed E-state index contributed by atoms with van der Waals surface area (Å²) < 4.78 is 0. The lowest BCUT2D eigenvalue weighted by Crippen LogP contribution is -2.38. The normalized spacial score (nSPS) is 36.8. The predicted octanol–water partition coefficient (Wildman–Crippen LogP) is 6.77. The molecule has 0 heterocycles. The largest absolute Gasteiger partial charge is 0.508 e. The molecule has 0 bridgehead atoms. The van der Waals surface area contributed by atoms with E-state index in [2.05, 4.69) is 6.07 Å². The van der Waals surface area contributed by atoms with Gasteiger partial charge in [0.1, 0.15) is 5.75 Å². The van der Waals surface area contributed by atoms with E-state index in [0.29, 0.717) is 39.4 Å². The first-order chi connectivity index (χ1) is 11.9. The maximum Gasteiger partial charge on any atom is 0.115 e. The number of rotatable bonds is 4. The molecule has 0 aromatic heterocycles. The summed E-state index contributed by atoms with van der Waals surface area (Å²) in [6, 6.07) is 5.89. The summed E-state index contributed by atoms with van der Waals surface area (Å²) in [5.41, 5.74) is 3.13. The molecule has 5 heteroatoms. The van der Waals surface area contributed by atoms with Gasteiger partial charge in [-0.1, -0.05) is 29.3 Å². The van der Waals surface area contributed by atoms with Crippen LogP contribution in [-0.2, 0) is 6.42 Å². The zero-order valence-corrected chi connectivity index (χ0v) is 17.0. The molecule has 3 aliphatic rings. The highest BCUT2D eigenvalue weighted by molar-refractivity contribution is 6.42. The molecule has 136 valence electrons. The number of aryl methyl sites for hydroxylation is 1. The Balaban J connectivity index is 1.68. The summed E-state index contributed by atoms with van der Waals surface area (Å²) in [4.78, 5) is 0. The third-order valence-corrected chi connectivity index (χ3v) is 8.67. The zero-order chi connectivity index (χ0) is 17.8. The summed E-state index contributed by atoms with van der Waals surface area (Å²) in [6.07, 6.45) is 6.46. The molecule has 1 unspecified atom stereocenters. The number of allylic oxidation sites excluding steroid dienone is 2. The van der Waals surface area contributed by atoms with E-state index >= 15 is 0 Å². The second kappa shape index (κ2) is 6.51. The Kier molecular flexibility index (Phi) is 4.77. The summed E-state index contributed by atoms with van der Waals surface area (Å²) in [7, 11) is 0. The van der Waals surface area contributed by atoms with Crippen LogP contribution in [0.25, 0.3) is 0 Å². The molecule has 4 rings (SSSR count). The lowest BCUT2D eigenvalue weighted by atomic mass is 9.59. The van der Waals surface area contributed by atoms with Crippen LogP contribution in [0.3, 0.4) is 0 Å². The van der Waals surface area contributed by atoms with Gasteiger partial charge in [-0.2, -0.15) is 0 Å². The molecule has 1 aromatic rings. The Bertz CT molecular complexity index is 730. The second-order valence-corrected chi connectivity index (χ2v) is 9.68. The molecule has 25 heavy (non-hydrogen) atoms. The van der Waals surface area contributed by atoms with Crippen molar-refractivity contribution in [3.05, 3.63) is 39.4 Å². The fraction of sp³-hybridized carbons (Fsp3) is 0.600. The van der Waals surface area contributed by atoms with E-state index < -0.39 is 0 Å². The van der Waals surface area contributed by atoms with Crippen molar-refractivity contribution < 1.29 is 5.11 Å². The number of fused-ring (bicyclic) bond motifs is 2. The minimum atomic E-state index is -0.0212. The van der Waals surface area contributed by atoms with Crippen molar-refractivity contribution >= 4 is 46.4 Å². The van der Waals surface area contributed by atoms with Crippen molar-refractivity contribution in [3.8, 4) is 5.75 Å². The Hall–Kier alpha value is -0.0800. The summed E-state index contributed by atoms with van der Waals surface area (Å²) in [5, 5.41) is 11.0. The van der Waals surface area contributed by atoms with Gasteiger partial charge in [0.15, 0.2) is 0 Å². The summed E-state index contributed by atoms with van der Waals surface area (Å²) in [5.74, 6) is 2.44. The fourth-order valence-electron chi connectivity index (χ4n) is 5.56. The molecule has 1 nitrogen and oxygen atoms in total. The van der Waals surface area contributed by atoms with Gasteiger partial charge >= 0.3 is 0 Å². The number of phenols is 1. The predicted molar refractivity (Wildman–Crippen MR) is 106 cm³/mol. The lowest BCUT2D eigenvalue weighted by Gasteiger charge is -2.47. The highest BCUT2D eigenvalue weighted by Crippen LogP contribution is 2.75. The lowest BCUT2D eigenvalue weighted by molar-refractivity contribution is 0.126. The first-order valence-electron chi connectivity index (χ1n) is 8.90. The topological polar surface area (TPSA) is 20.2 Å². The van der Waals surface area contributed by atoms with E-state index in [1.165, 1.54) is 24.0 Å². The molecule has 2 fully saturated rings. The Morgan fingerprint density at radius 1 is 1.12 bits per heavy atom. The van der Waals surface area contributed by atoms with Crippen LogP contribution in [-0.4, -0.2) is 16.9 Å². The number of benzene rings is 1. The van der Waals surface area contributed by atoms with Crippen LogP contribution in [0.1, 0.15) is 49.1 Å². The minimum Gasteiger partial charge on any atom is -0.508 e. The molecule has 0 radical (unpaired) electrons. The second-order valence-electron chi connectivity index (χ2n) is 8.23. The van der Waals surface area contributed by atoms with Crippen LogP contribution in [0.5, 0.6) is 5.75 Å². The van der Waals surface area contributed by atoms with E-state index in [9.17, 15) is 5.11 Å². The van der Waals surface area contributed by atoms with Crippen LogP contribution < -0.4 is 0 Å². The van der Waals surface area contributed by atoms with Gasteiger partial charge in [-0.15, -0.1) is 23.2 Å². The van der Waals surface area contributed by atoms with Gasteiger partial charge in [0.05, 0.1) is 5.88 Å². The molecule has 4 atom stereocenters. The molecule has 1 N–H and O–H groups in total. The molecule has 2 saturated carbocycles. The number of alkyl halides is 2. The van der Waals surface area contributed by atoms with Gasteiger partial charge in [-0.25, -0.2) is 0 Å². The quantitative estimate of drug-likeness (QED) is 0.534. The number of aromatic hydroxyl groups is 1. The SMILES string of the molecule is Oc1ccc2c(c1)CC[C@@]13CC1C[C@](CCl)(C/C(Cl)=C(/Cl)CCl)C[C@H]23. The molecule has 0 amide bonds. The van der Waals surface area contributed by atoms with Gasteiger partial charge in [0, 0.05) is 15.9 Å². The van der Waals surface area contributed by atoms with Crippen molar-refractivity contribution in [3.63, 3.8) is 0 Å². The molecule has 1 spiro atoms. The van der Waals surface area contributed by atoms with Crippen LogP contribution in [0.4, 0.5) is 0 Å². The smallest absolute Gasteiger partial charge is 0.115 e. The van der Waals surface area contributed by atoms with E-state index in [-0.39, 0.29) is 11.3 Å². The molecule has 3 aliphatic carbocycles. The Labute approximate surface area is 169 Å². The Morgan fingerprint density at radius 2 is 1.92 bits per heavy atom. The van der Waals surface area contributed by atoms with E-state index in [1.54, 1.807) is 0 Å². The summed E-state index contributed by atoms with van der Waals surface area (Å²) in [6.45, 7) is 0. The maximum atomic E-state index is 9.84. The third kappa shape index (κ3) is 3.00. The van der Waals surface area contributed by atoms with Gasteiger partial charge in [0.2, 0.25) is 0 Å². The van der Waals surface area contributed by atoms with Gasteiger partial charge in [-0.3, -0.25) is 0 Å². The van der Waals surface area contributed by atoms with Crippen molar-refractivity contribution in [2.24, 2.45) is 16.7 Å². The number of hydrogen-bond donors (Lipinski definition) is 1. The zero-order valence-electron chi connectivity index (χ0n) is 14.0.